The van der Waals surface area contributed by atoms with Crippen LogP contribution in [0, 0.1) is 0 Å². The Morgan fingerprint density at radius 1 is 1.75 bits per heavy atom. The van der Waals surface area contributed by atoms with E-state index in [0.29, 0.717) is 6.54 Å². The van der Waals surface area contributed by atoms with E-state index in [2.05, 4.69) is 6.58 Å². The summed E-state index contributed by atoms with van der Waals surface area (Å²) in [7, 11) is 0. The molecule has 0 aliphatic heterocycles. The molecule has 0 aromatic carbocycles. The van der Waals surface area contributed by atoms with E-state index in [0.717, 1.165) is 0 Å². The summed E-state index contributed by atoms with van der Waals surface area (Å²) in [6, 6.07) is 0. The quantitative estimate of drug-likeness (QED) is 0.554. The lowest BCUT2D eigenvalue weighted by atomic mass is 10.1. The van der Waals surface area contributed by atoms with Gasteiger partial charge in [0.2, 0.25) is 0 Å². The van der Waals surface area contributed by atoms with E-state index in [9.17, 15) is 0 Å². The topological polar surface area (TPSA) is 35.2 Å². The van der Waals surface area contributed by atoms with Crippen LogP contribution in [-0.2, 0) is 4.74 Å². The molecule has 48 valence electrons. The highest BCUT2D eigenvalue weighted by atomic mass is 16.5. The number of hydrogen-bond acceptors (Lipinski definition) is 2. The van der Waals surface area contributed by atoms with E-state index in [-0.39, 0.29) is 5.60 Å². The third-order valence-corrected chi connectivity index (χ3v) is 0.894. The van der Waals surface area contributed by atoms with Gasteiger partial charge >= 0.3 is 0 Å². The molecule has 0 saturated heterocycles. The minimum absolute atomic E-state index is 0.248. The van der Waals surface area contributed by atoms with Crippen molar-refractivity contribution in [2.45, 2.75) is 19.4 Å². The van der Waals surface area contributed by atoms with Gasteiger partial charge in [-0.1, -0.05) is 6.58 Å². The predicted molar refractivity (Wildman–Crippen MR) is 34.4 cm³/mol. The third-order valence-electron chi connectivity index (χ3n) is 0.894. The lowest BCUT2D eigenvalue weighted by Crippen LogP contribution is -2.32. The summed E-state index contributed by atoms with van der Waals surface area (Å²) >= 11 is 0. The molecule has 0 fully saturated rings. The van der Waals surface area contributed by atoms with Crippen molar-refractivity contribution in [3.05, 3.63) is 12.8 Å². The zero-order valence-corrected chi connectivity index (χ0v) is 5.48. The Morgan fingerprint density at radius 3 is 2.38 bits per heavy atom. The van der Waals surface area contributed by atoms with Crippen molar-refractivity contribution in [2.75, 3.05) is 6.54 Å². The summed E-state index contributed by atoms with van der Waals surface area (Å²) < 4.78 is 5.02. The highest BCUT2D eigenvalue weighted by Crippen LogP contribution is 2.04. The second-order valence-electron chi connectivity index (χ2n) is 2.25. The van der Waals surface area contributed by atoms with Crippen molar-refractivity contribution in [2.24, 2.45) is 5.73 Å². The molecule has 0 rings (SSSR count). The zero-order chi connectivity index (χ0) is 6.62. The summed E-state index contributed by atoms with van der Waals surface area (Å²) in [5, 5.41) is 0. The van der Waals surface area contributed by atoms with Gasteiger partial charge in [-0.15, -0.1) is 0 Å². The van der Waals surface area contributed by atoms with Gasteiger partial charge in [-0.05, 0) is 13.8 Å². The third kappa shape index (κ3) is 2.64. The monoisotopic (exact) mass is 115 g/mol. The Kier molecular flexibility index (Phi) is 2.55. The van der Waals surface area contributed by atoms with Crippen LogP contribution >= 0.6 is 0 Å². The summed E-state index contributed by atoms with van der Waals surface area (Å²) in [4.78, 5) is 0. The van der Waals surface area contributed by atoms with Crippen LogP contribution in [0.25, 0.3) is 0 Å². The molecule has 0 radical (unpaired) electrons. The average Bonchev–Trinajstić information content (AvgIpc) is 1.67. The zero-order valence-electron chi connectivity index (χ0n) is 5.48. The minimum Gasteiger partial charge on any atom is -0.495 e. The molecular formula is C6H13NO. The fourth-order valence-electron chi connectivity index (χ4n) is 0.274. The smallest absolute Gasteiger partial charge is 0.115 e. The van der Waals surface area contributed by atoms with Crippen LogP contribution in [0.3, 0.4) is 0 Å². The maximum absolute atomic E-state index is 5.32. The highest BCUT2D eigenvalue weighted by molar-refractivity contribution is 4.71. The Bertz CT molecular complexity index is 78.6. The van der Waals surface area contributed by atoms with E-state index < -0.39 is 0 Å². The standard InChI is InChI=1S/C6H13NO/c1-4-8-6(2,3)5-7/h4H,1,5,7H2,2-3H3. The maximum atomic E-state index is 5.32. The highest BCUT2D eigenvalue weighted by Gasteiger charge is 2.13. The van der Waals surface area contributed by atoms with E-state index in [4.69, 9.17) is 10.5 Å². The van der Waals surface area contributed by atoms with E-state index in [1.165, 1.54) is 6.26 Å². The van der Waals surface area contributed by atoms with Crippen molar-refractivity contribution in [1.29, 1.82) is 0 Å². The van der Waals surface area contributed by atoms with E-state index in [1.807, 2.05) is 13.8 Å². The Hall–Kier alpha value is -0.500. The van der Waals surface area contributed by atoms with Crippen LogP contribution in [0.5, 0.6) is 0 Å². The summed E-state index contributed by atoms with van der Waals surface area (Å²) in [5.74, 6) is 0. The molecule has 0 heterocycles. The molecule has 2 heteroatoms. The molecule has 0 aromatic heterocycles. The van der Waals surface area contributed by atoms with Gasteiger partial charge in [0.1, 0.15) is 5.60 Å². The molecule has 0 spiro atoms. The lowest BCUT2D eigenvalue weighted by Gasteiger charge is -2.20. The average molecular weight is 115 g/mol. The van der Waals surface area contributed by atoms with Crippen molar-refractivity contribution in [3.63, 3.8) is 0 Å². The van der Waals surface area contributed by atoms with Crippen LogP contribution in [-0.4, -0.2) is 12.1 Å². The number of hydrogen-bond donors (Lipinski definition) is 1. The van der Waals surface area contributed by atoms with Crippen LogP contribution in [0.4, 0.5) is 0 Å². The maximum Gasteiger partial charge on any atom is 0.115 e. The van der Waals surface area contributed by atoms with Crippen molar-refractivity contribution >= 4 is 0 Å². The van der Waals surface area contributed by atoms with E-state index in [1.54, 1.807) is 0 Å². The van der Waals surface area contributed by atoms with Gasteiger partial charge < -0.3 is 10.5 Å². The number of nitrogens with two attached hydrogens (primary N) is 1. The van der Waals surface area contributed by atoms with Gasteiger partial charge in [-0.3, -0.25) is 0 Å². The molecule has 0 unspecified atom stereocenters. The molecule has 2 nitrogen and oxygen atoms in total. The summed E-state index contributed by atoms with van der Waals surface area (Å²) in [6.07, 6.45) is 1.41. The Morgan fingerprint density at radius 2 is 2.25 bits per heavy atom. The summed E-state index contributed by atoms with van der Waals surface area (Å²) in [5.41, 5.74) is 5.07. The van der Waals surface area contributed by atoms with Crippen LogP contribution in [0.1, 0.15) is 13.8 Å². The van der Waals surface area contributed by atoms with Crippen molar-refractivity contribution in [1.82, 2.24) is 0 Å². The van der Waals surface area contributed by atoms with Gasteiger partial charge in [0.05, 0.1) is 6.26 Å². The summed E-state index contributed by atoms with van der Waals surface area (Å²) in [6.45, 7) is 7.75. The SMILES string of the molecule is C=COC(C)(C)CN. The van der Waals surface area contributed by atoms with E-state index >= 15 is 0 Å². The second-order valence-corrected chi connectivity index (χ2v) is 2.25. The first kappa shape index (κ1) is 7.50. The van der Waals surface area contributed by atoms with Gasteiger partial charge in [-0.25, -0.2) is 0 Å². The molecule has 0 aliphatic carbocycles. The van der Waals surface area contributed by atoms with Crippen molar-refractivity contribution in [3.8, 4) is 0 Å². The fraction of sp³-hybridized carbons (Fsp3) is 0.667. The molecule has 2 N–H and O–H groups in total. The minimum atomic E-state index is -0.248. The molecule has 0 amide bonds. The number of rotatable bonds is 3. The van der Waals surface area contributed by atoms with Crippen LogP contribution in [0.2, 0.25) is 0 Å². The molecule has 0 aliphatic rings. The predicted octanol–water partition coefficient (Wildman–Crippen LogP) is 0.884. The molecule has 0 bridgehead atoms. The van der Waals surface area contributed by atoms with Gasteiger partial charge in [-0.2, -0.15) is 0 Å². The fourth-order valence-corrected chi connectivity index (χ4v) is 0.274. The van der Waals surface area contributed by atoms with Gasteiger partial charge in [0, 0.05) is 6.54 Å². The molecule has 0 saturated carbocycles. The first-order chi connectivity index (χ1) is 3.62. The molecular weight excluding hydrogens is 102 g/mol. The van der Waals surface area contributed by atoms with Crippen LogP contribution < -0.4 is 5.73 Å². The van der Waals surface area contributed by atoms with Crippen molar-refractivity contribution < 1.29 is 4.74 Å². The molecule has 0 atom stereocenters. The normalized spacial score (nSPS) is 10.9. The Labute approximate surface area is 50.3 Å². The van der Waals surface area contributed by atoms with Gasteiger partial charge in [0.25, 0.3) is 0 Å². The van der Waals surface area contributed by atoms with Gasteiger partial charge in [0.15, 0.2) is 0 Å². The number of ether oxygens (including phenoxy) is 1. The molecule has 0 aromatic rings. The van der Waals surface area contributed by atoms with Crippen LogP contribution in [0.15, 0.2) is 12.8 Å². The first-order valence-electron chi connectivity index (χ1n) is 2.61. The largest absolute Gasteiger partial charge is 0.495 e. The first-order valence-corrected chi connectivity index (χ1v) is 2.61. The second kappa shape index (κ2) is 2.72. The Balaban J connectivity index is 3.53. The molecule has 8 heavy (non-hydrogen) atoms. The lowest BCUT2D eigenvalue weighted by molar-refractivity contribution is 0.0671.